The molecule has 2 heterocycles. The molecule has 1 fully saturated rings. The van der Waals surface area contributed by atoms with Gasteiger partial charge in [-0.25, -0.2) is 8.78 Å². The molecule has 2 atom stereocenters. The van der Waals surface area contributed by atoms with Crippen LogP contribution in [0.3, 0.4) is 0 Å². The largest absolute Gasteiger partial charge is 0.483 e. The molecule has 210 valence electrons. The summed E-state index contributed by atoms with van der Waals surface area (Å²) < 4.78 is 40.7. The number of aromatic nitrogens is 1. The van der Waals surface area contributed by atoms with Gasteiger partial charge >= 0.3 is 0 Å². The highest BCUT2D eigenvalue weighted by Crippen LogP contribution is 2.54. The average Bonchev–Trinajstić information content (AvgIpc) is 3.62. The van der Waals surface area contributed by atoms with Gasteiger partial charge in [-0.2, -0.15) is 0 Å². The first-order valence-electron chi connectivity index (χ1n) is 13.1. The lowest BCUT2D eigenvalue weighted by Gasteiger charge is -2.40. The van der Waals surface area contributed by atoms with Crippen molar-refractivity contribution in [2.24, 2.45) is 5.92 Å². The normalized spacial score (nSPS) is 19.6. The monoisotopic (exact) mass is 551 g/mol. The zero-order valence-electron chi connectivity index (χ0n) is 22.6. The van der Waals surface area contributed by atoms with Crippen LogP contribution >= 0.6 is 0 Å². The quantitative estimate of drug-likeness (QED) is 0.436. The summed E-state index contributed by atoms with van der Waals surface area (Å²) in [4.78, 5) is 42.6. The second-order valence-corrected chi connectivity index (χ2v) is 10.6. The number of carbonyl (C=O) groups is 2. The zero-order chi connectivity index (χ0) is 28.6. The van der Waals surface area contributed by atoms with Gasteiger partial charge in [0.25, 0.3) is 11.8 Å². The van der Waals surface area contributed by atoms with E-state index in [0.717, 1.165) is 17.7 Å². The summed E-state index contributed by atoms with van der Waals surface area (Å²) in [7, 11) is 1.61. The number of hydrogen-bond acceptors (Lipinski definition) is 5. The van der Waals surface area contributed by atoms with Crippen LogP contribution in [0.5, 0.6) is 5.75 Å². The van der Waals surface area contributed by atoms with Gasteiger partial charge in [0.05, 0.1) is 12.1 Å². The first kappa shape index (κ1) is 27.5. The number of hydrogen-bond donors (Lipinski definition) is 1. The molecule has 3 aromatic rings. The van der Waals surface area contributed by atoms with Gasteiger partial charge in [-0.15, -0.1) is 0 Å². The molecular weight excluding hydrogens is 520 g/mol. The fourth-order valence-electron chi connectivity index (χ4n) is 5.37. The fraction of sp³-hybridized carbons (Fsp3) is 0.367. The number of methoxy groups -OCH3 is 1. The first-order valence-corrected chi connectivity index (χ1v) is 13.1. The number of carbonyl (C=O) groups excluding carboxylic acids is 2. The van der Waals surface area contributed by atoms with Crippen LogP contribution in [0.2, 0.25) is 0 Å². The van der Waals surface area contributed by atoms with Crippen molar-refractivity contribution in [1.29, 1.82) is 0 Å². The summed E-state index contributed by atoms with van der Waals surface area (Å²) in [6.07, 6.45) is 2.10. The number of amides is 2. The number of fused-ring (bicyclic) bond motifs is 2. The van der Waals surface area contributed by atoms with E-state index in [0.29, 0.717) is 19.6 Å². The highest BCUT2D eigenvalue weighted by Gasteiger charge is 2.61. The van der Waals surface area contributed by atoms with Gasteiger partial charge in [-0.1, -0.05) is 36.4 Å². The molecule has 40 heavy (non-hydrogen) atoms. The summed E-state index contributed by atoms with van der Waals surface area (Å²) in [6, 6.07) is 12.1. The Hall–Kier alpha value is -4.05. The molecule has 1 saturated carbocycles. The van der Waals surface area contributed by atoms with Crippen molar-refractivity contribution >= 4 is 11.8 Å². The molecule has 0 saturated heterocycles. The second-order valence-electron chi connectivity index (χ2n) is 10.6. The first-order chi connectivity index (χ1) is 19.2. The third-order valence-corrected chi connectivity index (χ3v) is 7.67. The Morgan fingerprint density at radius 3 is 2.58 bits per heavy atom. The van der Waals surface area contributed by atoms with Gasteiger partial charge in [0.1, 0.15) is 23.8 Å². The molecule has 2 amide bonds. The molecule has 1 aliphatic heterocycles. The van der Waals surface area contributed by atoms with E-state index in [1.165, 1.54) is 12.3 Å². The molecule has 1 spiro atoms. The predicted octanol–water partition coefficient (Wildman–Crippen LogP) is 3.86. The molecule has 2 aliphatic rings. The second kappa shape index (κ2) is 10.8. The van der Waals surface area contributed by atoms with Crippen LogP contribution in [-0.4, -0.2) is 47.6 Å². The van der Waals surface area contributed by atoms with E-state index in [2.05, 4.69) is 5.32 Å². The van der Waals surface area contributed by atoms with Gasteiger partial charge in [0.2, 0.25) is 5.43 Å². The Bertz CT molecular complexity index is 1510. The van der Waals surface area contributed by atoms with E-state index in [9.17, 15) is 23.2 Å². The topological polar surface area (TPSA) is 89.9 Å². The van der Waals surface area contributed by atoms with Gasteiger partial charge in [0, 0.05) is 50.0 Å². The number of rotatable bonds is 9. The number of nitrogens with one attached hydrogen (secondary N) is 1. The summed E-state index contributed by atoms with van der Waals surface area (Å²) >= 11 is 0. The Morgan fingerprint density at radius 1 is 1.15 bits per heavy atom. The SMILES string of the molecule is COC[C@@H]1C[C@@]12CN(C(C)C)C(=O)c1c(OCc3ccccc3)c(=O)c(C(=O)NCc3ccc(F)cc3F)cn12. The number of benzene rings is 2. The number of ether oxygens (including phenoxy) is 2. The summed E-state index contributed by atoms with van der Waals surface area (Å²) in [5.41, 5.74) is -0.597. The Labute approximate surface area is 230 Å². The van der Waals surface area contributed by atoms with Crippen molar-refractivity contribution in [3.63, 3.8) is 0 Å². The van der Waals surface area contributed by atoms with Crippen molar-refractivity contribution < 1.29 is 27.8 Å². The third kappa shape index (κ3) is 4.99. The lowest BCUT2D eigenvalue weighted by molar-refractivity contribution is 0.0539. The lowest BCUT2D eigenvalue weighted by atomic mass is 10.0. The van der Waals surface area contributed by atoms with Crippen molar-refractivity contribution in [3.8, 4) is 5.75 Å². The molecule has 1 aromatic heterocycles. The number of nitrogens with zero attached hydrogens (tertiary/aromatic N) is 2. The minimum atomic E-state index is -0.812. The van der Waals surface area contributed by atoms with Crippen LogP contribution in [0.1, 0.15) is 52.2 Å². The molecule has 1 aliphatic carbocycles. The molecule has 8 nitrogen and oxygen atoms in total. The Morgan fingerprint density at radius 2 is 1.90 bits per heavy atom. The van der Waals surface area contributed by atoms with E-state index in [1.807, 2.05) is 44.2 Å². The Balaban J connectivity index is 1.58. The van der Waals surface area contributed by atoms with Crippen LogP contribution in [0.15, 0.2) is 59.5 Å². The van der Waals surface area contributed by atoms with E-state index < -0.39 is 28.5 Å². The van der Waals surface area contributed by atoms with Crippen molar-refractivity contribution in [3.05, 3.63) is 99.0 Å². The minimum absolute atomic E-state index is 0.0123. The van der Waals surface area contributed by atoms with Crippen molar-refractivity contribution in [2.75, 3.05) is 20.3 Å². The van der Waals surface area contributed by atoms with Crippen molar-refractivity contribution in [2.45, 2.75) is 45.0 Å². The molecule has 2 aromatic carbocycles. The van der Waals surface area contributed by atoms with E-state index in [1.54, 1.807) is 16.6 Å². The van der Waals surface area contributed by atoms with Crippen molar-refractivity contribution in [1.82, 2.24) is 14.8 Å². The number of halogens is 2. The smallest absolute Gasteiger partial charge is 0.274 e. The van der Waals surface area contributed by atoms with Gasteiger partial charge in [0.15, 0.2) is 11.4 Å². The third-order valence-electron chi connectivity index (χ3n) is 7.67. The summed E-state index contributed by atoms with van der Waals surface area (Å²) in [5, 5.41) is 2.56. The van der Waals surface area contributed by atoms with E-state index in [4.69, 9.17) is 9.47 Å². The van der Waals surface area contributed by atoms with Crippen LogP contribution < -0.4 is 15.5 Å². The van der Waals surface area contributed by atoms with Gasteiger partial charge in [-0.3, -0.25) is 14.4 Å². The molecule has 5 rings (SSSR count). The van der Waals surface area contributed by atoms with Crippen LogP contribution in [0, 0.1) is 17.6 Å². The molecule has 10 heteroatoms. The maximum atomic E-state index is 14.2. The fourth-order valence-corrected chi connectivity index (χ4v) is 5.37. The lowest BCUT2D eigenvalue weighted by Crippen LogP contribution is -2.52. The van der Waals surface area contributed by atoms with E-state index >= 15 is 0 Å². The highest BCUT2D eigenvalue weighted by atomic mass is 19.1. The minimum Gasteiger partial charge on any atom is -0.483 e. The number of pyridine rings is 1. The molecule has 0 radical (unpaired) electrons. The molecule has 0 bridgehead atoms. The highest BCUT2D eigenvalue weighted by molar-refractivity contribution is 5.99. The molecular formula is C30H31F2N3O5. The summed E-state index contributed by atoms with van der Waals surface area (Å²) in [6.45, 7) is 4.41. The van der Waals surface area contributed by atoms with Gasteiger partial charge < -0.3 is 24.3 Å². The maximum Gasteiger partial charge on any atom is 0.274 e. The predicted molar refractivity (Wildman–Crippen MR) is 143 cm³/mol. The van der Waals surface area contributed by atoms with Crippen LogP contribution in [0.4, 0.5) is 8.78 Å². The Kier molecular flexibility index (Phi) is 7.46. The standard InChI is InChI=1S/C30H31F2N3O5/c1-18(2)34-17-30(12-21(30)16-39-3)35-14-23(28(37)33-13-20-9-10-22(31)11-24(20)32)26(36)27(25(35)29(34)38)40-15-19-7-5-4-6-8-19/h4-11,14,18,21H,12-13,15-17H2,1-3H3,(H,33,37)/t21-,30+/m0/s1. The van der Waals surface area contributed by atoms with E-state index in [-0.39, 0.29) is 53.6 Å². The van der Waals surface area contributed by atoms with Crippen LogP contribution in [0.25, 0.3) is 0 Å². The zero-order valence-corrected chi connectivity index (χ0v) is 22.6. The molecule has 0 unspecified atom stereocenters. The average molecular weight is 552 g/mol. The van der Waals surface area contributed by atoms with Gasteiger partial charge in [-0.05, 0) is 31.9 Å². The maximum absolute atomic E-state index is 14.2. The summed E-state index contributed by atoms with van der Waals surface area (Å²) in [5.74, 6) is -2.81. The van der Waals surface area contributed by atoms with Crippen LogP contribution in [-0.2, 0) is 23.4 Å². The molecule has 1 N–H and O–H groups in total.